The highest BCUT2D eigenvalue weighted by atomic mass is 16.5. The molecule has 0 bridgehead atoms. The summed E-state index contributed by atoms with van der Waals surface area (Å²) in [4.78, 5) is 12.3. The molecule has 0 radical (unpaired) electrons. The highest BCUT2D eigenvalue weighted by Crippen LogP contribution is 2.27. The molecular weight excluding hydrogens is 252 g/mol. The number of carbonyl (C=O) groups excluding carboxylic acids is 1. The number of hydrogen-bond donors (Lipinski definition) is 2. The minimum Gasteiger partial charge on any atom is -0.494 e. The van der Waals surface area contributed by atoms with E-state index < -0.39 is 5.54 Å². The van der Waals surface area contributed by atoms with E-state index in [4.69, 9.17) is 10.5 Å². The minimum atomic E-state index is -0.699. The lowest BCUT2D eigenvalue weighted by molar-refractivity contribution is -0.122. The van der Waals surface area contributed by atoms with Crippen LogP contribution in [-0.2, 0) is 4.79 Å². The average molecular weight is 276 g/mol. The van der Waals surface area contributed by atoms with Crippen molar-refractivity contribution in [2.24, 2.45) is 5.73 Å². The molecule has 1 fully saturated rings. The number of anilines is 1. The summed E-state index contributed by atoms with van der Waals surface area (Å²) in [5.74, 6) is 0.754. The van der Waals surface area contributed by atoms with Gasteiger partial charge >= 0.3 is 0 Å². The molecule has 0 aliphatic heterocycles. The number of nitrogens with one attached hydrogen (secondary N) is 1. The topological polar surface area (TPSA) is 64.3 Å². The summed E-state index contributed by atoms with van der Waals surface area (Å²) in [7, 11) is 0. The van der Waals surface area contributed by atoms with Crippen LogP contribution in [0.3, 0.4) is 0 Å². The third kappa shape index (κ3) is 3.73. The molecular formula is C16H24N2O2. The summed E-state index contributed by atoms with van der Waals surface area (Å²) in [6, 6.07) is 7.45. The number of hydrogen-bond acceptors (Lipinski definition) is 3. The first-order valence-electron chi connectivity index (χ1n) is 7.47. The lowest BCUT2D eigenvalue weighted by Crippen LogP contribution is -2.52. The Bertz CT molecular complexity index is 436. The fourth-order valence-electron chi connectivity index (χ4n) is 2.52. The fraction of sp³-hybridized carbons (Fsp3) is 0.562. The second kappa shape index (κ2) is 6.75. The molecule has 4 heteroatoms. The predicted molar refractivity (Wildman–Crippen MR) is 80.9 cm³/mol. The maximum Gasteiger partial charge on any atom is 0.244 e. The van der Waals surface area contributed by atoms with E-state index in [0.717, 1.165) is 43.5 Å². The Morgan fingerprint density at radius 2 is 1.90 bits per heavy atom. The van der Waals surface area contributed by atoms with Crippen LogP contribution in [0.4, 0.5) is 5.69 Å². The Morgan fingerprint density at radius 1 is 1.25 bits per heavy atom. The van der Waals surface area contributed by atoms with Gasteiger partial charge in [-0.25, -0.2) is 0 Å². The van der Waals surface area contributed by atoms with E-state index in [0.29, 0.717) is 6.61 Å². The van der Waals surface area contributed by atoms with Crippen molar-refractivity contribution in [3.05, 3.63) is 24.3 Å². The van der Waals surface area contributed by atoms with Gasteiger partial charge in [0.25, 0.3) is 0 Å². The van der Waals surface area contributed by atoms with E-state index in [1.54, 1.807) is 0 Å². The average Bonchev–Trinajstić information content (AvgIpc) is 2.47. The van der Waals surface area contributed by atoms with Crippen LogP contribution in [0, 0.1) is 0 Å². The molecule has 0 unspecified atom stereocenters. The zero-order valence-corrected chi connectivity index (χ0v) is 12.2. The molecule has 0 aromatic heterocycles. The van der Waals surface area contributed by atoms with Gasteiger partial charge in [-0.1, -0.05) is 26.2 Å². The minimum absolute atomic E-state index is 0.0700. The summed E-state index contributed by atoms with van der Waals surface area (Å²) in [5, 5.41) is 2.92. The van der Waals surface area contributed by atoms with Crippen molar-refractivity contribution in [3.63, 3.8) is 0 Å². The Morgan fingerprint density at radius 3 is 2.50 bits per heavy atom. The Balaban J connectivity index is 1.93. The highest BCUT2D eigenvalue weighted by Gasteiger charge is 2.35. The molecule has 0 atom stereocenters. The summed E-state index contributed by atoms with van der Waals surface area (Å²) >= 11 is 0. The number of rotatable bonds is 5. The van der Waals surface area contributed by atoms with Crippen molar-refractivity contribution >= 4 is 11.6 Å². The van der Waals surface area contributed by atoms with Crippen LogP contribution in [0.2, 0.25) is 0 Å². The van der Waals surface area contributed by atoms with Crippen molar-refractivity contribution in [1.82, 2.24) is 0 Å². The monoisotopic (exact) mass is 276 g/mol. The predicted octanol–water partition coefficient (Wildman–Crippen LogP) is 3.08. The molecule has 1 aliphatic carbocycles. The first kappa shape index (κ1) is 14.9. The summed E-state index contributed by atoms with van der Waals surface area (Å²) in [6.45, 7) is 2.77. The molecule has 1 amide bonds. The second-order valence-electron chi connectivity index (χ2n) is 5.54. The molecule has 0 spiro atoms. The van der Waals surface area contributed by atoms with Gasteiger partial charge in [0.15, 0.2) is 0 Å². The largest absolute Gasteiger partial charge is 0.494 e. The van der Waals surface area contributed by atoms with E-state index in [9.17, 15) is 4.79 Å². The molecule has 1 aromatic rings. The number of carbonyl (C=O) groups is 1. The first-order valence-corrected chi connectivity index (χ1v) is 7.47. The van der Waals surface area contributed by atoms with Crippen LogP contribution < -0.4 is 15.8 Å². The van der Waals surface area contributed by atoms with Crippen LogP contribution in [0.5, 0.6) is 5.75 Å². The van der Waals surface area contributed by atoms with Crippen molar-refractivity contribution in [1.29, 1.82) is 0 Å². The van der Waals surface area contributed by atoms with Gasteiger partial charge in [0.05, 0.1) is 12.1 Å². The molecule has 110 valence electrons. The van der Waals surface area contributed by atoms with E-state index in [1.165, 1.54) is 6.42 Å². The zero-order chi connectivity index (χ0) is 14.4. The van der Waals surface area contributed by atoms with E-state index >= 15 is 0 Å². The van der Waals surface area contributed by atoms with E-state index in [-0.39, 0.29) is 5.91 Å². The van der Waals surface area contributed by atoms with Gasteiger partial charge in [-0.05, 0) is 43.5 Å². The lowest BCUT2D eigenvalue weighted by Gasteiger charge is -2.31. The summed E-state index contributed by atoms with van der Waals surface area (Å²) in [6.07, 6.45) is 5.78. The van der Waals surface area contributed by atoms with Crippen LogP contribution in [0.1, 0.15) is 45.4 Å². The molecule has 2 rings (SSSR count). The number of benzene rings is 1. The summed E-state index contributed by atoms with van der Waals surface area (Å²) in [5.41, 5.74) is 6.28. The SMILES string of the molecule is CCCOc1ccc(NC(=O)C2(N)CCCCC2)cc1. The third-order valence-electron chi connectivity index (χ3n) is 3.78. The number of amides is 1. The van der Waals surface area contributed by atoms with Crippen LogP contribution in [-0.4, -0.2) is 18.1 Å². The smallest absolute Gasteiger partial charge is 0.244 e. The van der Waals surface area contributed by atoms with Crippen molar-refractivity contribution in [3.8, 4) is 5.75 Å². The molecule has 1 aromatic carbocycles. The van der Waals surface area contributed by atoms with Crippen LogP contribution in [0.15, 0.2) is 24.3 Å². The number of ether oxygens (including phenoxy) is 1. The van der Waals surface area contributed by atoms with Gasteiger partial charge in [0.1, 0.15) is 5.75 Å². The van der Waals surface area contributed by atoms with Gasteiger partial charge in [0, 0.05) is 5.69 Å². The molecule has 3 N–H and O–H groups in total. The number of nitrogens with two attached hydrogens (primary N) is 1. The Labute approximate surface area is 120 Å². The normalized spacial score (nSPS) is 17.5. The quantitative estimate of drug-likeness (QED) is 0.868. The van der Waals surface area contributed by atoms with Gasteiger partial charge in [-0.2, -0.15) is 0 Å². The second-order valence-corrected chi connectivity index (χ2v) is 5.54. The molecule has 0 heterocycles. The maximum absolute atomic E-state index is 12.3. The molecule has 4 nitrogen and oxygen atoms in total. The van der Waals surface area contributed by atoms with Crippen molar-refractivity contribution in [2.75, 3.05) is 11.9 Å². The molecule has 1 aliphatic rings. The van der Waals surface area contributed by atoms with Gasteiger partial charge in [-0.3, -0.25) is 4.79 Å². The van der Waals surface area contributed by atoms with Crippen molar-refractivity contribution in [2.45, 2.75) is 51.0 Å². The standard InChI is InChI=1S/C16H24N2O2/c1-2-12-20-14-8-6-13(7-9-14)18-15(19)16(17)10-4-3-5-11-16/h6-9H,2-5,10-12,17H2,1H3,(H,18,19). The van der Waals surface area contributed by atoms with E-state index in [1.807, 2.05) is 24.3 Å². The third-order valence-corrected chi connectivity index (χ3v) is 3.78. The van der Waals surface area contributed by atoms with Crippen LogP contribution >= 0.6 is 0 Å². The molecule has 20 heavy (non-hydrogen) atoms. The van der Waals surface area contributed by atoms with Gasteiger partial charge in [0.2, 0.25) is 5.91 Å². The molecule has 0 saturated heterocycles. The fourth-order valence-corrected chi connectivity index (χ4v) is 2.52. The van der Waals surface area contributed by atoms with E-state index in [2.05, 4.69) is 12.2 Å². The molecule has 1 saturated carbocycles. The zero-order valence-electron chi connectivity index (χ0n) is 12.2. The van der Waals surface area contributed by atoms with Crippen LogP contribution in [0.25, 0.3) is 0 Å². The lowest BCUT2D eigenvalue weighted by atomic mass is 9.82. The van der Waals surface area contributed by atoms with Gasteiger partial charge < -0.3 is 15.8 Å². The Kier molecular flexibility index (Phi) is 5.01. The highest BCUT2D eigenvalue weighted by molar-refractivity contribution is 5.98. The first-order chi connectivity index (χ1) is 9.64. The van der Waals surface area contributed by atoms with Crippen molar-refractivity contribution < 1.29 is 9.53 Å². The Hall–Kier alpha value is -1.55. The maximum atomic E-state index is 12.3. The summed E-state index contributed by atoms with van der Waals surface area (Å²) < 4.78 is 5.51. The van der Waals surface area contributed by atoms with Gasteiger partial charge in [-0.15, -0.1) is 0 Å².